The van der Waals surface area contributed by atoms with E-state index in [4.69, 9.17) is 9.47 Å². The lowest BCUT2D eigenvalue weighted by atomic mass is 10.1. The predicted octanol–water partition coefficient (Wildman–Crippen LogP) is 2.30. The van der Waals surface area contributed by atoms with Gasteiger partial charge < -0.3 is 9.47 Å². The maximum Gasteiger partial charge on any atom is 0.165 e. The van der Waals surface area contributed by atoms with Crippen LogP contribution in [0.25, 0.3) is 0 Å². The van der Waals surface area contributed by atoms with Crippen molar-refractivity contribution in [3.8, 4) is 11.5 Å². The summed E-state index contributed by atoms with van der Waals surface area (Å²) in [6.07, 6.45) is 2.62. The van der Waals surface area contributed by atoms with Crippen molar-refractivity contribution in [1.82, 2.24) is 4.90 Å². The second-order valence-corrected chi connectivity index (χ2v) is 4.14. The van der Waals surface area contributed by atoms with Gasteiger partial charge >= 0.3 is 0 Å². The summed E-state index contributed by atoms with van der Waals surface area (Å²) in [5, 5.41) is 0. The number of methoxy groups -OCH3 is 2. The molecule has 1 heterocycles. The van der Waals surface area contributed by atoms with E-state index in [1.165, 1.54) is 31.5 Å². The molecule has 1 aromatic rings. The van der Waals surface area contributed by atoms with E-state index < -0.39 is 0 Å². The van der Waals surface area contributed by atoms with Crippen LogP contribution in [0.3, 0.4) is 0 Å². The third kappa shape index (κ3) is 2.30. The minimum atomic E-state index is 0.819. The van der Waals surface area contributed by atoms with E-state index in [1.807, 2.05) is 12.1 Å². The van der Waals surface area contributed by atoms with E-state index in [9.17, 15) is 0 Å². The first-order valence-corrected chi connectivity index (χ1v) is 5.77. The highest BCUT2D eigenvalue weighted by Crippen LogP contribution is 2.31. The number of likely N-dealkylation sites (tertiary alicyclic amines) is 1. The topological polar surface area (TPSA) is 21.7 Å². The first-order chi connectivity index (χ1) is 7.85. The van der Waals surface area contributed by atoms with Gasteiger partial charge in [0.2, 0.25) is 0 Å². The summed E-state index contributed by atoms with van der Waals surface area (Å²) in [4.78, 5) is 2.46. The van der Waals surface area contributed by atoms with Gasteiger partial charge in [0.25, 0.3) is 0 Å². The smallest absolute Gasteiger partial charge is 0.165 e. The van der Waals surface area contributed by atoms with E-state index in [1.54, 1.807) is 14.2 Å². The van der Waals surface area contributed by atoms with E-state index >= 15 is 0 Å². The molecule has 0 N–H and O–H groups in total. The van der Waals surface area contributed by atoms with Crippen LogP contribution in [0, 0.1) is 0 Å². The van der Waals surface area contributed by atoms with Crippen LogP contribution in [0.2, 0.25) is 0 Å². The Morgan fingerprint density at radius 1 is 1.12 bits per heavy atom. The fraction of sp³-hybridized carbons (Fsp3) is 0.538. The average molecular weight is 221 g/mol. The van der Waals surface area contributed by atoms with Crippen molar-refractivity contribution in [2.45, 2.75) is 19.4 Å². The van der Waals surface area contributed by atoms with Gasteiger partial charge in [-0.25, -0.2) is 0 Å². The van der Waals surface area contributed by atoms with Gasteiger partial charge in [-0.05, 0) is 32.0 Å². The molecule has 0 radical (unpaired) electrons. The summed E-state index contributed by atoms with van der Waals surface area (Å²) >= 11 is 0. The van der Waals surface area contributed by atoms with Crippen LogP contribution in [-0.4, -0.2) is 32.2 Å². The van der Waals surface area contributed by atoms with Crippen molar-refractivity contribution in [3.05, 3.63) is 23.8 Å². The highest BCUT2D eigenvalue weighted by atomic mass is 16.5. The Morgan fingerprint density at radius 3 is 2.50 bits per heavy atom. The van der Waals surface area contributed by atoms with Crippen LogP contribution < -0.4 is 9.47 Å². The lowest BCUT2D eigenvalue weighted by molar-refractivity contribution is 0.312. The van der Waals surface area contributed by atoms with Crippen LogP contribution >= 0.6 is 0 Å². The summed E-state index contributed by atoms with van der Waals surface area (Å²) in [6, 6.07) is 6.07. The van der Waals surface area contributed by atoms with Crippen LogP contribution in [0.5, 0.6) is 11.5 Å². The van der Waals surface area contributed by atoms with Gasteiger partial charge in [-0.15, -0.1) is 0 Å². The zero-order chi connectivity index (χ0) is 11.4. The maximum atomic E-state index is 5.43. The number of para-hydroxylation sites is 1. The number of hydrogen-bond acceptors (Lipinski definition) is 3. The summed E-state index contributed by atoms with van der Waals surface area (Å²) in [6.45, 7) is 3.35. The van der Waals surface area contributed by atoms with E-state index in [2.05, 4.69) is 11.0 Å². The van der Waals surface area contributed by atoms with E-state index in [-0.39, 0.29) is 0 Å². The van der Waals surface area contributed by atoms with Crippen molar-refractivity contribution < 1.29 is 9.47 Å². The fourth-order valence-corrected chi connectivity index (χ4v) is 2.26. The van der Waals surface area contributed by atoms with Crippen LogP contribution in [0.15, 0.2) is 18.2 Å². The highest BCUT2D eigenvalue weighted by molar-refractivity contribution is 5.46. The molecule has 0 aliphatic carbocycles. The first kappa shape index (κ1) is 11.3. The van der Waals surface area contributed by atoms with E-state index in [0.29, 0.717) is 0 Å². The molecule has 1 saturated heterocycles. The molecule has 2 rings (SSSR count). The quantitative estimate of drug-likeness (QED) is 0.778. The molecule has 3 heteroatoms. The largest absolute Gasteiger partial charge is 0.493 e. The SMILES string of the molecule is COc1cccc(CN2CCCC2)c1OC. The van der Waals surface area contributed by atoms with Crippen molar-refractivity contribution >= 4 is 0 Å². The second-order valence-electron chi connectivity index (χ2n) is 4.14. The van der Waals surface area contributed by atoms with Crippen LogP contribution in [0.1, 0.15) is 18.4 Å². The molecule has 0 bridgehead atoms. The number of hydrogen-bond donors (Lipinski definition) is 0. The van der Waals surface area contributed by atoms with E-state index in [0.717, 1.165) is 18.0 Å². The lowest BCUT2D eigenvalue weighted by Crippen LogP contribution is -2.18. The summed E-state index contributed by atoms with van der Waals surface area (Å²) in [5.74, 6) is 1.69. The molecule has 1 aliphatic heterocycles. The zero-order valence-corrected chi connectivity index (χ0v) is 10.0. The number of benzene rings is 1. The molecule has 1 aromatic carbocycles. The Morgan fingerprint density at radius 2 is 1.88 bits per heavy atom. The number of ether oxygens (including phenoxy) is 2. The number of rotatable bonds is 4. The average Bonchev–Trinajstić information content (AvgIpc) is 2.81. The normalized spacial score (nSPS) is 16.4. The molecular formula is C13H19NO2. The minimum Gasteiger partial charge on any atom is -0.493 e. The molecular weight excluding hydrogens is 202 g/mol. The third-order valence-electron chi connectivity index (χ3n) is 3.08. The first-order valence-electron chi connectivity index (χ1n) is 5.77. The van der Waals surface area contributed by atoms with Gasteiger partial charge in [-0.3, -0.25) is 4.90 Å². The monoisotopic (exact) mass is 221 g/mol. The number of nitrogens with zero attached hydrogens (tertiary/aromatic N) is 1. The Hall–Kier alpha value is -1.22. The Kier molecular flexibility index (Phi) is 3.67. The molecule has 0 saturated carbocycles. The molecule has 0 atom stereocenters. The van der Waals surface area contributed by atoms with Gasteiger partial charge in [0.1, 0.15) is 0 Å². The molecule has 3 nitrogen and oxygen atoms in total. The molecule has 88 valence electrons. The standard InChI is InChI=1S/C13H19NO2/c1-15-12-7-5-6-11(13(12)16-2)10-14-8-3-4-9-14/h5-7H,3-4,8-10H2,1-2H3. The Labute approximate surface area is 97.0 Å². The minimum absolute atomic E-state index is 0.819. The second kappa shape index (κ2) is 5.21. The molecule has 0 amide bonds. The maximum absolute atomic E-state index is 5.43. The van der Waals surface area contributed by atoms with Crippen molar-refractivity contribution in [2.75, 3.05) is 27.3 Å². The van der Waals surface area contributed by atoms with Crippen molar-refractivity contribution in [3.63, 3.8) is 0 Å². The molecule has 1 aliphatic rings. The molecule has 0 aromatic heterocycles. The Bertz CT molecular complexity index is 346. The van der Waals surface area contributed by atoms with Gasteiger partial charge in [0, 0.05) is 12.1 Å². The van der Waals surface area contributed by atoms with Gasteiger partial charge in [0.15, 0.2) is 11.5 Å². The van der Waals surface area contributed by atoms with Crippen LogP contribution in [0.4, 0.5) is 0 Å². The van der Waals surface area contributed by atoms with Crippen LogP contribution in [-0.2, 0) is 6.54 Å². The van der Waals surface area contributed by atoms with Gasteiger partial charge in [0.05, 0.1) is 14.2 Å². The fourth-order valence-electron chi connectivity index (χ4n) is 2.26. The molecule has 16 heavy (non-hydrogen) atoms. The summed E-state index contributed by atoms with van der Waals surface area (Å²) in [5.41, 5.74) is 1.21. The molecule has 1 fully saturated rings. The molecule has 0 spiro atoms. The summed E-state index contributed by atoms with van der Waals surface area (Å²) < 4.78 is 10.7. The van der Waals surface area contributed by atoms with Crippen molar-refractivity contribution in [1.29, 1.82) is 0 Å². The predicted molar refractivity (Wildman–Crippen MR) is 64.1 cm³/mol. The Balaban J connectivity index is 2.18. The zero-order valence-electron chi connectivity index (χ0n) is 10.0. The van der Waals surface area contributed by atoms with Gasteiger partial charge in [-0.1, -0.05) is 12.1 Å². The van der Waals surface area contributed by atoms with Crippen molar-refractivity contribution in [2.24, 2.45) is 0 Å². The molecule has 0 unspecified atom stereocenters. The van der Waals surface area contributed by atoms with Gasteiger partial charge in [-0.2, -0.15) is 0 Å². The third-order valence-corrected chi connectivity index (χ3v) is 3.08. The highest BCUT2D eigenvalue weighted by Gasteiger charge is 2.16. The summed E-state index contributed by atoms with van der Waals surface area (Å²) in [7, 11) is 3.38. The lowest BCUT2D eigenvalue weighted by Gasteiger charge is -2.18.